The Morgan fingerprint density at radius 3 is 1.49 bits per heavy atom. The van der Waals surface area contributed by atoms with Gasteiger partial charge in [-0.3, -0.25) is 0 Å². The number of halogens is 6. The SMILES string of the molecule is CC(C)(C)c1nc(-c2cccc(CS(=O)(=O)c3c(F)cccc3F)c2F)c(-c2ncnc3[nH]ccc23)s1.CC(C)(C)c1nc(-c2cccc(CS(=O)(=O)c3c(F)cccc3F)c2F)c(-c2ncnc3c2ccn3COCC[Si](C)(C)C)s1. The van der Waals surface area contributed by atoms with E-state index in [0.717, 1.165) is 63.2 Å². The molecule has 0 saturated carbocycles. The number of thiazole rings is 2. The van der Waals surface area contributed by atoms with Crippen LogP contribution in [0.2, 0.25) is 25.7 Å². The minimum atomic E-state index is -4.56. The van der Waals surface area contributed by atoms with Gasteiger partial charge in [-0.2, -0.15) is 0 Å². The van der Waals surface area contributed by atoms with E-state index in [-0.39, 0.29) is 38.8 Å². The lowest BCUT2D eigenvalue weighted by Gasteiger charge is -2.15. The Labute approximate surface area is 479 Å². The van der Waals surface area contributed by atoms with E-state index in [1.807, 2.05) is 64.4 Å². The molecule has 0 saturated heterocycles. The highest BCUT2D eigenvalue weighted by Gasteiger charge is 2.32. The molecular formula is C58H56F6N8O5S4Si. The number of benzene rings is 4. The quantitative estimate of drug-likeness (QED) is 0.0587. The fourth-order valence-electron chi connectivity index (χ4n) is 8.71. The maximum atomic E-state index is 16.2. The normalized spacial score (nSPS) is 12.6. The fourth-order valence-corrected chi connectivity index (χ4v) is 14.8. The summed E-state index contributed by atoms with van der Waals surface area (Å²) in [5.74, 6) is -8.47. The maximum Gasteiger partial charge on any atom is 0.188 e. The maximum absolute atomic E-state index is 16.2. The number of H-pyrrole nitrogens is 1. The molecule has 10 rings (SSSR count). The molecule has 0 bridgehead atoms. The van der Waals surface area contributed by atoms with Crippen LogP contribution in [0.3, 0.4) is 0 Å². The molecule has 0 unspecified atom stereocenters. The van der Waals surface area contributed by atoms with E-state index in [4.69, 9.17) is 14.7 Å². The zero-order chi connectivity index (χ0) is 59.3. The van der Waals surface area contributed by atoms with Gasteiger partial charge in [0.25, 0.3) is 0 Å². The molecule has 0 aliphatic carbocycles. The molecule has 0 radical (unpaired) electrons. The average molecular weight is 1220 g/mol. The summed E-state index contributed by atoms with van der Waals surface area (Å²) in [5.41, 5.74) is 1.85. The van der Waals surface area contributed by atoms with Gasteiger partial charge in [-0.05, 0) is 54.6 Å². The van der Waals surface area contributed by atoms with Crippen LogP contribution in [0.25, 0.3) is 65.7 Å². The molecule has 0 spiro atoms. The summed E-state index contributed by atoms with van der Waals surface area (Å²) in [5, 5.41) is 2.90. The van der Waals surface area contributed by atoms with Crippen molar-refractivity contribution in [2.24, 2.45) is 0 Å². The van der Waals surface area contributed by atoms with Gasteiger partial charge in [-0.1, -0.05) is 97.6 Å². The van der Waals surface area contributed by atoms with Crippen molar-refractivity contribution in [3.63, 3.8) is 0 Å². The highest BCUT2D eigenvalue weighted by atomic mass is 32.2. The van der Waals surface area contributed by atoms with Gasteiger partial charge in [0.05, 0.1) is 54.1 Å². The molecule has 0 atom stereocenters. The van der Waals surface area contributed by atoms with Crippen LogP contribution in [0.1, 0.15) is 62.7 Å². The van der Waals surface area contributed by atoms with Gasteiger partial charge >= 0.3 is 0 Å². The number of rotatable bonds is 15. The molecule has 10 aromatic rings. The Kier molecular flexibility index (Phi) is 16.7. The van der Waals surface area contributed by atoms with Crippen molar-refractivity contribution in [3.8, 4) is 43.7 Å². The Balaban J connectivity index is 0.000000201. The predicted molar refractivity (Wildman–Crippen MR) is 310 cm³/mol. The Bertz CT molecular complexity index is 4240. The van der Waals surface area contributed by atoms with Gasteiger partial charge in [0.1, 0.15) is 75.4 Å². The largest absolute Gasteiger partial charge is 0.361 e. The van der Waals surface area contributed by atoms with Crippen molar-refractivity contribution < 1.29 is 47.9 Å². The van der Waals surface area contributed by atoms with Crippen molar-refractivity contribution in [3.05, 3.63) is 166 Å². The first-order chi connectivity index (χ1) is 38.5. The molecule has 0 amide bonds. The lowest BCUT2D eigenvalue weighted by Crippen LogP contribution is -2.22. The number of sulfone groups is 2. The van der Waals surface area contributed by atoms with Crippen LogP contribution in [-0.2, 0) is 53.5 Å². The van der Waals surface area contributed by atoms with Gasteiger partial charge in [-0.15, -0.1) is 22.7 Å². The molecule has 4 aromatic carbocycles. The number of hydrogen-bond donors (Lipinski definition) is 1. The molecule has 24 heteroatoms. The fraction of sp³-hybridized carbons (Fsp3) is 0.276. The van der Waals surface area contributed by atoms with E-state index < -0.39 is 83.9 Å². The number of hydrogen-bond acceptors (Lipinski definition) is 13. The van der Waals surface area contributed by atoms with Gasteiger partial charge in [0.2, 0.25) is 0 Å². The minimum Gasteiger partial charge on any atom is -0.361 e. The van der Waals surface area contributed by atoms with Gasteiger partial charge in [-0.25, -0.2) is 73.1 Å². The zero-order valence-electron chi connectivity index (χ0n) is 46.0. The summed E-state index contributed by atoms with van der Waals surface area (Å²) >= 11 is 2.73. The lowest BCUT2D eigenvalue weighted by atomic mass is 9.98. The molecule has 0 aliphatic heterocycles. The molecule has 1 N–H and O–H groups in total. The highest BCUT2D eigenvalue weighted by molar-refractivity contribution is 7.91. The van der Waals surface area contributed by atoms with E-state index in [2.05, 4.69) is 44.6 Å². The first-order valence-corrected chi connectivity index (χ1v) is 34.3. The van der Waals surface area contributed by atoms with Crippen LogP contribution in [0.4, 0.5) is 26.3 Å². The first kappa shape index (κ1) is 59.7. The predicted octanol–water partition coefficient (Wildman–Crippen LogP) is 14.7. The lowest BCUT2D eigenvalue weighted by molar-refractivity contribution is 0.0899. The van der Waals surface area contributed by atoms with E-state index in [1.54, 1.807) is 6.20 Å². The molecule has 13 nitrogen and oxygen atoms in total. The standard InChI is InChI=1S/C32H35F3N4O3S2Si.C26H21F3N4O2S2/c1-32(2,3)31-38-27(21-10-7-9-20(25(21)35)17-44(40,41)29-23(33)11-8-12-24(29)34)28(43-31)26-22-13-14-39(30(22)37-18-36-26)19-42-15-16-45(4,5)6;1-26(2,3)25-33-21(22(36-25)20-16-10-11-30-24(16)32-13-31-20)15-7-4-6-14(19(15)29)12-37(34,35)23-17(27)8-5-9-18(23)28/h7-14,18H,15-17,19H2,1-6H3;4-11,13H,12H2,1-3H3,(H,30,31,32). The Morgan fingerprint density at radius 1 is 0.573 bits per heavy atom. The Morgan fingerprint density at radius 2 is 1.02 bits per heavy atom. The molecule has 0 fully saturated rings. The Hall–Kier alpha value is -6.96. The summed E-state index contributed by atoms with van der Waals surface area (Å²) in [4.78, 5) is 29.3. The van der Waals surface area contributed by atoms with Crippen molar-refractivity contribution in [2.45, 2.75) is 106 Å². The topological polar surface area (TPSA) is 176 Å². The molecular weight excluding hydrogens is 1160 g/mol. The summed E-state index contributed by atoms with van der Waals surface area (Å²) in [6, 6.07) is 18.8. The summed E-state index contributed by atoms with van der Waals surface area (Å²) in [6.07, 6.45) is 6.44. The van der Waals surface area contributed by atoms with Gasteiger partial charge in [0.15, 0.2) is 19.7 Å². The third-order valence-electron chi connectivity index (χ3n) is 12.9. The first-order valence-electron chi connectivity index (χ1n) is 25.6. The number of nitrogens with one attached hydrogen (secondary N) is 1. The van der Waals surface area contributed by atoms with Crippen LogP contribution in [0, 0.1) is 34.9 Å². The second-order valence-corrected chi connectivity index (χ2v) is 34.1. The number of aromatic nitrogens is 8. The van der Waals surface area contributed by atoms with Gasteiger partial charge < -0.3 is 14.3 Å². The summed E-state index contributed by atoms with van der Waals surface area (Å²) < 4.78 is 149. The van der Waals surface area contributed by atoms with Crippen molar-refractivity contribution in [1.29, 1.82) is 0 Å². The second-order valence-electron chi connectivity index (χ2n) is 22.6. The van der Waals surface area contributed by atoms with Crippen LogP contribution in [0.15, 0.2) is 120 Å². The monoisotopic (exact) mass is 1210 g/mol. The van der Waals surface area contributed by atoms with Crippen molar-refractivity contribution >= 4 is 72.5 Å². The van der Waals surface area contributed by atoms with Crippen molar-refractivity contribution in [1.82, 2.24) is 39.5 Å². The number of nitrogens with zero attached hydrogens (tertiary/aromatic N) is 7. The minimum absolute atomic E-state index is 0.0549. The zero-order valence-corrected chi connectivity index (χ0v) is 50.3. The molecule has 6 aromatic heterocycles. The van der Waals surface area contributed by atoms with Gasteiger partial charge in [0, 0.05) is 70.9 Å². The molecule has 82 heavy (non-hydrogen) atoms. The smallest absolute Gasteiger partial charge is 0.188 e. The average Bonchev–Trinajstić information content (AvgIpc) is 4.31. The van der Waals surface area contributed by atoms with Crippen molar-refractivity contribution in [2.75, 3.05) is 6.61 Å². The number of fused-ring (bicyclic) bond motifs is 2. The number of ether oxygens (including phenoxy) is 1. The van der Waals surface area contributed by atoms with Crippen LogP contribution >= 0.6 is 22.7 Å². The van der Waals surface area contributed by atoms with Crippen LogP contribution < -0.4 is 0 Å². The second kappa shape index (κ2) is 23.0. The number of aromatic amines is 1. The third kappa shape index (κ3) is 12.5. The highest BCUT2D eigenvalue weighted by Crippen LogP contribution is 2.45. The van der Waals surface area contributed by atoms with E-state index in [9.17, 15) is 34.4 Å². The van der Waals surface area contributed by atoms with Crippen LogP contribution in [-0.4, -0.2) is 71.0 Å². The molecule has 0 aliphatic rings. The molecule has 6 heterocycles. The van der Waals surface area contributed by atoms with E-state index in [1.165, 1.54) is 71.7 Å². The third-order valence-corrected chi connectivity index (χ3v) is 21.0. The van der Waals surface area contributed by atoms with E-state index in [0.29, 0.717) is 51.5 Å². The van der Waals surface area contributed by atoms with Crippen LogP contribution in [0.5, 0.6) is 0 Å². The van der Waals surface area contributed by atoms with E-state index >= 15 is 8.78 Å². The molecule has 428 valence electrons. The summed E-state index contributed by atoms with van der Waals surface area (Å²) in [7, 11) is -10.3. The summed E-state index contributed by atoms with van der Waals surface area (Å²) in [6.45, 7) is 19.8.